The first-order valence-electron chi connectivity index (χ1n) is 6.39. The zero-order valence-electron chi connectivity index (χ0n) is 10.8. The molecule has 3 rings (SSSR count). The number of nitrogens with one attached hydrogen (secondary N) is 1. The quantitative estimate of drug-likeness (QED) is 0.696. The lowest BCUT2D eigenvalue weighted by molar-refractivity contribution is -0.387. The summed E-state index contributed by atoms with van der Waals surface area (Å²) in [6.45, 7) is 0.886. The Morgan fingerprint density at radius 1 is 1.43 bits per heavy atom. The van der Waals surface area contributed by atoms with E-state index in [0.717, 1.165) is 48.5 Å². The number of hydrogen-bond donors (Lipinski definition) is 1. The van der Waals surface area contributed by atoms with Gasteiger partial charge in [0.2, 0.25) is 5.82 Å². The lowest BCUT2D eigenvalue weighted by Crippen LogP contribution is -2.13. The lowest BCUT2D eigenvalue weighted by atomic mass is 10.1. The van der Waals surface area contributed by atoms with Crippen LogP contribution in [-0.2, 0) is 0 Å². The van der Waals surface area contributed by atoms with Gasteiger partial charge in [0.15, 0.2) is 0 Å². The van der Waals surface area contributed by atoms with Crippen molar-refractivity contribution in [3.63, 3.8) is 0 Å². The fourth-order valence-corrected chi connectivity index (χ4v) is 3.29. The van der Waals surface area contributed by atoms with Crippen molar-refractivity contribution in [2.24, 2.45) is 0 Å². The maximum absolute atomic E-state index is 14.1. The van der Waals surface area contributed by atoms with Gasteiger partial charge in [0.25, 0.3) is 0 Å². The van der Waals surface area contributed by atoms with Crippen molar-refractivity contribution in [3.8, 4) is 10.6 Å². The van der Waals surface area contributed by atoms with Crippen molar-refractivity contribution in [1.29, 1.82) is 0 Å². The highest BCUT2D eigenvalue weighted by Gasteiger charge is 2.26. The van der Waals surface area contributed by atoms with Gasteiger partial charge in [0.05, 0.1) is 22.2 Å². The predicted molar refractivity (Wildman–Crippen MR) is 74.1 cm³/mol. The molecule has 1 saturated heterocycles. The summed E-state index contributed by atoms with van der Waals surface area (Å²) in [5, 5.41) is 15.8. The van der Waals surface area contributed by atoms with E-state index in [1.54, 1.807) is 5.38 Å². The summed E-state index contributed by atoms with van der Waals surface area (Å²) in [5.74, 6) is -2.03. The highest BCUT2D eigenvalue weighted by Crippen LogP contribution is 2.35. The van der Waals surface area contributed by atoms with E-state index in [9.17, 15) is 18.9 Å². The van der Waals surface area contributed by atoms with Crippen LogP contribution in [-0.4, -0.2) is 16.5 Å². The minimum atomic E-state index is -1.18. The molecule has 0 amide bonds. The van der Waals surface area contributed by atoms with E-state index in [0.29, 0.717) is 0 Å². The molecule has 1 aliphatic rings. The van der Waals surface area contributed by atoms with Crippen LogP contribution >= 0.6 is 11.3 Å². The molecule has 2 heterocycles. The van der Waals surface area contributed by atoms with Crippen molar-refractivity contribution in [2.75, 3.05) is 6.54 Å². The van der Waals surface area contributed by atoms with Gasteiger partial charge in [-0.25, -0.2) is 9.37 Å². The summed E-state index contributed by atoms with van der Waals surface area (Å²) >= 11 is 1.08. The SMILES string of the molecule is O=[N+]([O-])c1ccc(F)c(-c2nc([C@@H]3CCCN3)cs2)c1F. The van der Waals surface area contributed by atoms with Gasteiger partial charge in [-0.05, 0) is 25.5 Å². The van der Waals surface area contributed by atoms with Crippen LogP contribution in [0.4, 0.5) is 14.5 Å². The Hall–Kier alpha value is -1.93. The van der Waals surface area contributed by atoms with Crippen LogP contribution in [0.3, 0.4) is 0 Å². The minimum Gasteiger partial charge on any atom is -0.309 e. The molecular weight excluding hydrogens is 300 g/mol. The number of rotatable bonds is 3. The zero-order chi connectivity index (χ0) is 15.0. The standard InChI is InChI=1S/C13H11F2N3O2S/c14-7-3-4-10(18(19)20)12(15)11(7)13-17-9(6-21-13)8-2-1-5-16-8/h3-4,6,8,16H,1-2,5H2/t8-/m0/s1. The monoisotopic (exact) mass is 311 g/mol. The smallest absolute Gasteiger partial charge is 0.305 e. The fraction of sp³-hybridized carbons (Fsp3) is 0.308. The Balaban J connectivity index is 2.04. The van der Waals surface area contributed by atoms with Gasteiger partial charge < -0.3 is 5.32 Å². The maximum atomic E-state index is 14.1. The van der Waals surface area contributed by atoms with E-state index >= 15 is 0 Å². The van der Waals surface area contributed by atoms with Gasteiger partial charge in [0.1, 0.15) is 10.8 Å². The van der Waals surface area contributed by atoms with E-state index in [-0.39, 0.29) is 11.0 Å². The summed E-state index contributed by atoms with van der Waals surface area (Å²) in [6, 6.07) is 1.80. The van der Waals surface area contributed by atoms with E-state index in [1.165, 1.54) is 0 Å². The van der Waals surface area contributed by atoms with Crippen LogP contribution in [0.1, 0.15) is 24.6 Å². The molecule has 0 aliphatic carbocycles. The molecule has 21 heavy (non-hydrogen) atoms. The van der Waals surface area contributed by atoms with Crippen LogP contribution < -0.4 is 5.32 Å². The molecule has 0 unspecified atom stereocenters. The van der Waals surface area contributed by atoms with Crippen molar-refractivity contribution < 1.29 is 13.7 Å². The number of nitro benzene ring substituents is 1. The average molecular weight is 311 g/mol. The second-order valence-electron chi connectivity index (χ2n) is 4.74. The molecule has 0 saturated carbocycles. The topological polar surface area (TPSA) is 68.1 Å². The fourth-order valence-electron chi connectivity index (χ4n) is 2.38. The van der Waals surface area contributed by atoms with Gasteiger partial charge in [-0.1, -0.05) is 0 Å². The molecule has 0 radical (unpaired) electrons. The number of benzene rings is 1. The van der Waals surface area contributed by atoms with E-state index in [1.807, 2.05) is 0 Å². The average Bonchev–Trinajstić information content (AvgIpc) is 3.09. The zero-order valence-corrected chi connectivity index (χ0v) is 11.6. The molecule has 2 aromatic rings. The van der Waals surface area contributed by atoms with Crippen LogP contribution in [0.2, 0.25) is 0 Å². The molecule has 110 valence electrons. The minimum absolute atomic E-state index is 0.0832. The molecule has 1 aromatic carbocycles. The highest BCUT2D eigenvalue weighted by molar-refractivity contribution is 7.13. The molecule has 1 aromatic heterocycles. The van der Waals surface area contributed by atoms with Crippen LogP contribution in [0, 0.1) is 21.7 Å². The van der Waals surface area contributed by atoms with Crippen LogP contribution in [0.15, 0.2) is 17.5 Å². The van der Waals surface area contributed by atoms with E-state index in [4.69, 9.17) is 0 Å². The van der Waals surface area contributed by atoms with Gasteiger partial charge in [-0.3, -0.25) is 10.1 Å². The first-order chi connectivity index (χ1) is 10.1. The third-order valence-electron chi connectivity index (χ3n) is 3.42. The summed E-state index contributed by atoms with van der Waals surface area (Å²) in [6.07, 6.45) is 1.94. The lowest BCUT2D eigenvalue weighted by Gasteiger charge is -2.05. The van der Waals surface area contributed by atoms with Crippen LogP contribution in [0.25, 0.3) is 10.6 Å². The van der Waals surface area contributed by atoms with Crippen molar-refractivity contribution in [3.05, 3.63) is 45.0 Å². The molecule has 8 heteroatoms. The molecule has 1 atom stereocenters. The largest absolute Gasteiger partial charge is 0.309 e. The summed E-state index contributed by atoms with van der Waals surface area (Å²) in [5.41, 5.74) is -0.460. The van der Waals surface area contributed by atoms with E-state index < -0.39 is 27.8 Å². The number of aromatic nitrogens is 1. The highest BCUT2D eigenvalue weighted by atomic mass is 32.1. The van der Waals surface area contributed by atoms with E-state index in [2.05, 4.69) is 10.3 Å². The van der Waals surface area contributed by atoms with Gasteiger partial charge >= 0.3 is 5.69 Å². The Kier molecular flexibility index (Phi) is 3.64. The normalized spacial score (nSPS) is 18.1. The van der Waals surface area contributed by atoms with Crippen molar-refractivity contribution in [2.45, 2.75) is 18.9 Å². The number of halogens is 2. The Bertz CT molecular complexity index is 699. The van der Waals surface area contributed by atoms with Gasteiger partial charge in [-0.15, -0.1) is 11.3 Å². The second kappa shape index (κ2) is 5.45. The Labute approximate surface area is 122 Å². The number of nitrogens with zero attached hydrogens (tertiary/aromatic N) is 2. The Morgan fingerprint density at radius 3 is 2.90 bits per heavy atom. The van der Waals surface area contributed by atoms with Gasteiger partial charge in [-0.2, -0.15) is 4.39 Å². The molecule has 1 N–H and O–H groups in total. The number of nitro groups is 1. The summed E-state index contributed by atoms with van der Waals surface area (Å²) in [4.78, 5) is 14.1. The van der Waals surface area contributed by atoms with Crippen molar-refractivity contribution in [1.82, 2.24) is 10.3 Å². The third kappa shape index (κ3) is 2.52. The number of thiazole rings is 1. The number of hydrogen-bond acceptors (Lipinski definition) is 5. The van der Waals surface area contributed by atoms with Crippen LogP contribution in [0.5, 0.6) is 0 Å². The van der Waals surface area contributed by atoms with Crippen molar-refractivity contribution >= 4 is 17.0 Å². The first-order valence-corrected chi connectivity index (χ1v) is 7.27. The molecule has 1 fully saturated rings. The van der Waals surface area contributed by atoms with Gasteiger partial charge in [0, 0.05) is 11.4 Å². The molecule has 5 nitrogen and oxygen atoms in total. The third-order valence-corrected chi connectivity index (χ3v) is 4.30. The summed E-state index contributed by atoms with van der Waals surface area (Å²) < 4.78 is 28.0. The molecule has 0 spiro atoms. The maximum Gasteiger partial charge on any atom is 0.305 e. The molecule has 0 bridgehead atoms. The first kappa shape index (κ1) is 14.0. The molecule has 1 aliphatic heterocycles. The predicted octanol–water partition coefficient (Wildman–Crippen LogP) is 3.42. The Morgan fingerprint density at radius 2 is 2.24 bits per heavy atom. The summed E-state index contributed by atoms with van der Waals surface area (Å²) in [7, 11) is 0. The molecular formula is C13H11F2N3O2S. The second-order valence-corrected chi connectivity index (χ2v) is 5.60.